The highest BCUT2D eigenvalue weighted by Crippen LogP contribution is 2.32. The van der Waals surface area contributed by atoms with Gasteiger partial charge in [-0.15, -0.1) is 0 Å². The third-order valence-corrected chi connectivity index (χ3v) is 6.88. The molecule has 2 atom stereocenters. The first kappa shape index (κ1) is 27.3. The van der Waals surface area contributed by atoms with Crippen LogP contribution in [0.4, 0.5) is 10.5 Å². The van der Waals surface area contributed by atoms with Crippen molar-refractivity contribution in [3.63, 3.8) is 0 Å². The molecule has 2 aliphatic heterocycles. The Morgan fingerprint density at radius 1 is 1.00 bits per heavy atom. The number of amides is 1. The second-order valence-electron chi connectivity index (χ2n) is 12.0. The fourth-order valence-corrected chi connectivity index (χ4v) is 5.02. The Morgan fingerprint density at radius 3 is 2.17 bits per heavy atom. The van der Waals surface area contributed by atoms with E-state index in [0.29, 0.717) is 19.1 Å². The van der Waals surface area contributed by atoms with E-state index in [2.05, 4.69) is 60.2 Å². The lowest BCUT2D eigenvalue weighted by Crippen LogP contribution is -2.54. The second kappa shape index (κ2) is 11.2. The molecule has 0 saturated carbocycles. The van der Waals surface area contributed by atoms with Crippen LogP contribution >= 0.6 is 0 Å². The molecule has 0 spiro atoms. The number of carboxylic acid groups (broad SMARTS) is 1. The van der Waals surface area contributed by atoms with Crippen molar-refractivity contribution in [3.8, 4) is 0 Å². The summed E-state index contributed by atoms with van der Waals surface area (Å²) in [6.45, 7) is 16.9. The number of piperidine rings is 1. The Balaban J connectivity index is 1.48. The molecular weight excluding hydrogens is 444 g/mol. The van der Waals surface area contributed by atoms with Crippen LogP contribution in [0.15, 0.2) is 24.3 Å². The molecule has 1 amide bonds. The van der Waals surface area contributed by atoms with E-state index >= 15 is 0 Å². The molecule has 0 aromatic heterocycles. The minimum absolute atomic E-state index is 0.0327. The quantitative estimate of drug-likeness (QED) is 0.630. The molecule has 196 valence electrons. The minimum atomic E-state index is -0.753. The van der Waals surface area contributed by atoms with Gasteiger partial charge in [0.1, 0.15) is 5.60 Å². The fourth-order valence-electron chi connectivity index (χ4n) is 5.02. The Morgan fingerprint density at radius 2 is 1.63 bits per heavy atom. The van der Waals surface area contributed by atoms with Gasteiger partial charge in [-0.2, -0.15) is 0 Å². The summed E-state index contributed by atoms with van der Waals surface area (Å²) in [5.74, 6) is -0.753. The van der Waals surface area contributed by atoms with E-state index in [1.165, 1.54) is 11.3 Å². The van der Waals surface area contributed by atoms with Gasteiger partial charge in [0, 0.05) is 57.0 Å². The first-order valence-electron chi connectivity index (χ1n) is 12.8. The van der Waals surface area contributed by atoms with Crippen molar-refractivity contribution in [3.05, 3.63) is 29.8 Å². The zero-order valence-corrected chi connectivity index (χ0v) is 22.3. The summed E-state index contributed by atoms with van der Waals surface area (Å²) in [6, 6.07) is 9.28. The highest BCUT2D eigenvalue weighted by molar-refractivity contribution is 5.69. The average Bonchev–Trinajstić information content (AvgIpc) is 2.76. The molecule has 1 aromatic carbocycles. The van der Waals surface area contributed by atoms with Gasteiger partial charge < -0.3 is 25.0 Å². The number of hydrogen-bond acceptors (Lipinski definition) is 6. The van der Waals surface area contributed by atoms with Crippen LogP contribution in [0.25, 0.3) is 0 Å². The SMILES string of the molecule is CC(C)(C)OC(=O)N1CCN(c2ccc(CNC3CCN(CC(=O)O)C(C(C)(C)C)C3)cc2)CC1. The van der Waals surface area contributed by atoms with E-state index in [4.69, 9.17) is 4.74 Å². The topological polar surface area (TPSA) is 85.4 Å². The zero-order valence-electron chi connectivity index (χ0n) is 22.3. The van der Waals surface area contributed by atoms with Crippen LogP contribution in [-0.4, -0.2) is 83.9 Å². The van der Waals surface area contributed by atoms with Gasteiger partial charge in [-0.25, -0.2) is 4.79 Å². The van der Waals surface area contributed by atoms with Gasteiger partial charge in [-0.3, -0.25) is 9.69 Å². The zero-order chi connectivity index (χ0) is 25.8. The molecule has 0 aliphatic carbocycles. The van der Waals surface area contributed by atoms with Gasteiger partial charge >= 0.3 is 12.1 Å². The van der Waals surface area contributed by atoms with Crippen molar-refractivity contribution in [2.45, 2.75) is 78.6 Å². The molecule has 2 N–H and O–H groups in total. The highest BCUT2D eigenvalue weighted by Gasteiger charge is 2.36. The van der Waals surface area contributed by atoms with Crippen molar-refractivity contribution in [1.29, 1.82) is 0 Å². The average molecular weight is 489 g/mol. The summed E-state index contributed by atoms with van der Waals surface area (Å²) < 4.78 is 5.49. The Kier molecular flexibility index (Phi) is 8.70. The van der Waals surface area contributed by atoms with Crippen molar-refractivity contribution >= 4 is 17.7 Å². The van der Waals surface area contributed by atoms with E-state index in [0.717, 1.165) is 39.0 Å². The van der Waals surface area contributed by atoms with Crippen LogP contribution in [-0.2, 0) is 16.1 Å². The maximum absolute atomic E-state index is 12.3. The van der Waals surface area contributed by atoms with Gasteiger partial charge in [0.05, 0.1) is 6.54 Å². The minimum Gasteiger partial charge on any atom is -0.480 e. The number of likely N-dealkylation sites (tertiary alicyclic amines) is 1. The molecule has 8 nitrogen and oxygen atoms in total. The smallest absolute Gasteiger partial charge is 0.410 e. The van der Waals surface area contributed by atoms with E-state index < -0.39 is 11.6 Å². The van der Waals surface area contributed by atoms with E-state index in [9.17, 15) is 14.7 Å². The molecule has 0 radical (unpaired) electrons. The standard InChI is InChI=1S/C27H44N4O4/c1-26(2,3)23-17-21(11-12-31(23)19-24(32)33)28-18-20-7-9-22(10-8-20)29-13-15-30(16-14-29)25(34)35-27(4,5)6/h7-10,21,23,28H,11-19H2,1-6H3,(H,32,33). The van der Waals surface area contributed by atoms with Crippen LogP contribution in [0.1, 0.15) is 59.9 Å². The van der Waals surface area contributed by atoms with E-state index in [1.54, 1.807) is 4.90 Å². The summed E-state index contributed by atoms with van der Waals surface area (Å²) in [5.41, 5.74) is 1.97. The Labute approximate surface area is 210 Å². The number of rotatable bonds is 6. The molecular formula is C27H44N4O4. The van der Waals surface area contributed by atoms with Crippen LogP contribution < -0.4 is 10.2 Å². The van der Waals surface area contributed by atoms with Gasteiger partial charge in [0.2, 0.25) is 0 Å². The van der Waals surface area contributed by atoms with Crippen molar-refractivity contribution in [1.82, 2.24) is 15.1 Å². The molecule has 35 heavy (non-hydrogen) atoms. The normalized spacial score (nSPS) is 22.2. The molecule has 2 heterocycles. The third kappa shape index (κ3) is 8.10. The maximum atomic E-state index is 12.3. The molecule has 3 rings (SSSR count). The largest absolute Gasteiger partial charge is 0.480 e. The second-order valence-corrected chi connectivity index (χ2v) is 12.0. The Bertz CT molecular complexity index is 851. The van der Waals surface area contributed by atoms with Gasteiger partial charge in [-0.1, -0.05) is 32.9 Å². The number of piperazine rings is 1. The first-order chi connectivity index (χ1) is 16.3. The summed E-state index contributed by atoms with van der Waals surface area (Å²) in [5, 5.41) is 13.0. The molecule has 2 aliphatic rings. The number of hydrogen-bond donors (Lipinski definition) is 2. The molecule has 0 bridgehead atoms. The van der Waals surface area contributed by atoms with Crippen molar-refractivity contribution in [2.75, 3.05) is 44.2 Å². The molecule has 1 aromatic rings. The number of anilines is 1. The number of carboxylic acids is 1. The highest BCUT2D eigenvalue weighted by atomic mass is 16.6. The lowest BCUT2D eigenvalue weighted by molar-refractivity contribution is -0.140. The number of carbonyl (C=O) groups is 2. The van der Waals surface area contributed by atoms with Crippen LogP contribution in [0.2, 0.25) is 0 Å². The number of ether oxygens (including phenoxy) is 1. The van der Waals surface area contributed by atoms with Crippen molar-refractivity contribution in [2.24, 2.45) is 5.41 Å². The summed E-state index contributed by atoms with van der Waals surface area (Å²) in [4.78, 5) is 29.8. The van der Waals surface area contributed by atoms with Gasteiger partial charge in [-0.05, 0) is 56.7 Å². The number of aliphatic carboxylic acids is 1. The lowest BCUT2D eigenvalue weighted by atomic mass is 9.79. The predicted molar refractivity (Wildman–Crippen MR) is 139 cm³/mol. The number of nitrogens with zero attached hydrogens (tertiary/aromatic N) is 3. The Hall–Kier alpha value is -2.32. The molecule has 2 fully saturated rings. The van der Waals surface area contributed by atoms with Gasteiger partial charge in [0.15, 0.2) is 0 Å². The summed E-state index contributed by atoms with van der Waals surface area (Å²) in [6.07, 6.45) is 1.68. The van der Waals surface area contributed by atoms with E-state index in [-0.39, 0.29) is 24.1 Å². The summed E-state index contributed by atoms with van der Waals surface area (Å²) >= 11 is 0. The van der Waals surface area contributed by atoms with Crippen LogP contribution in [0, 0.1) is 5.41 Å². The first-order valence-corrected chi connectivity index (χ1v) is 12.8. The monoisotopic (exact) mass is 488 g/mol. The number of benzene rings is 1. The molecule has 8 heteroatoms. The van der Waals surface area contributed by atoms with Crippen LogP contribution in [0.3, 0.4) is 0 Å². The molecule has 2 unspecified atom stereocenters. The number of carbonyl (C=O) groups excluding carboxylic acids is 1. The lowest BCUT2D eigenvalue weighted by Gasteiger charge is -2.45. The number of nitrogens with one attached hydrogen (secondary N) is 1. The third-order valence-electron chi connectivity index (χ3n) is 6.88. The van der Waals surface area contributed by atoms with Gasteiger partial charge in [0.25, 0.3) is 0 Å². The van der Waals surface area contributed by atoms with Crippen molar-refractivity contribution < 1.29 is 19.4 Å². The van der Waals surface area contributed by atoms with E-state index in [1.807, 2.05) is 20.8 Å². The maximum Gasteiger partial charge on any atom is 0.410 e. The molecule has 2 saturated heterocycles. The summed E-state index contributed by atoms with van der Waals surface area (Å²) in [7, 11) is 0. The predicted octanol–water partition coefficient (Wildman–Crippen LogP) is 3.80. The fraction of sp³-hybridized carbons (Fsp3) is 0.704. The van der Waals surface area contributed by atoms with Crippen LogP contribution in [0.5, 0.6) is 0 Å².